The first-order valence-electron chi connectivity index (χ1n) is 4.69. The van der Waals surface area contributed by atoms with E-state index in [1.165, 1.54) is 0 Å². The van der Waals surface area contributed by atoms with Crippen LogP contribution in [0.5, 0.6) is 0 Å². The van der Waals surface area contributed by atoms with E-state index in [1.54, 1.807) is 6.92 Å². The van der Waals surface area contributed by atoms with Gasteiger partial charge in [0, 0.05) is 19.5 Å². The zero-order valence-corrected chi connectivity index (χ0v) is 8.51. The van der Waals surface area contributed by atoms with E-state index in [0.717, 1.165) is 4.90 Å². The van der Waals surface area contributed by atoms with Crippen molar-refractivity contribution in [2.75, 3.05) is 13.1 Å². The molecular formula is C8H14N4O3. The van der Waals surface area contributed by atoms with E-state index in [0.29, 0.717) is 12.8 Å². The van der Waals surface area contributed by atoms with Crippen molar-refractivity contribution in [3.05, 3.63) is 0 Å². The normalized spacial score (nSPS) is 31.6. The number of carbonyl (C=O) groups is 1. The number of aliphatic hydroxyl groups is 1. The van der Waals surface area contributed by atoms with Gasteiger partial charge in [0.15, 0.2) is 0 Å². The highest BCUT2D eigenvalue weighted by molar-refractivity contribution is 5.62. The summed E-state index contributed by atoms with van der Waals surface area (Å²) in [6.07, 6.45) is -0.537. The maximum absolute atomic E-state index is 10.7. The average molecular weight is 214 g/mol. The molecule has 0 aromatic carbocycles. The predicted octanol–water partition coefficient (Wildman–Crippen LogP) is -0.905. The highest BCUT2D eigenvalue weighted by Crippen LogP contribution is 2.22. The van der Waals surface area contributed by atoms with E-state index in [4.69, 9.17) is 5.53 Å². The monoisotopic (exact) mass is 214 g/mol. The van der Waals surface area contributed by atoms with Gasteiger partial charge in [0.05, 0.1) is 5.60 Å². The molecule has 1 rings (SSSR count). The van der Waals surface area contributed by atoms with E-state index < -0.39 is 11.7 Å². The van der Waals surface area contributed by atoms with Crippen molar-refractivity contribution >= 4 is 6.09 Å². The molecule has 0 bridgehead atoms. The van der Waals surface area contributed by atoms with Gasteiger partial charge in [0.2, 0.25) is 4.91 Å². The second-order valence-corrected chi connectivity index (χ2v) is 4.05. The molecule has 1 heterocycles. The standard InChI is InChI=1S/C8H14N4O3/c1-8(15)4-6(10-11-9)2-3-12(5-8)7(13)14/h6,9,15H,2-5H2,1H3. The van der Waals surface area contributed by atoms with Crippen LogP contribution < -0.4 is 10.0 Å². The average Bonchev–Trinajstić information content (AvgIpc) is 2.24. The largest absolute Gasteiger partial charge is 0.530 e. The topological polar surface area (TPSA) is 114 Å². The Bertz CT molecular complexity index is 284. The summed E-state index contributed by atoms with van der Waals surface area (Å²) in [6.45, 7) is 1.81. The number of rotatable bonds is 1. The van der Waals surface area contributed by atoms with Crippen LogP contribution >= 0.6 is 0 Å². The molecule has 2 atom stereocenters. The van der Waals surface area contributed by atoms with Crippen LogP contribution in [0.1, 0.15) is 19.8 Å². The van der Waals surface area contributed by atoms with Crippen molar-refractivity contribution in [2.24, 2.45) is 5.11 Å². The number of amides is 1. The summed E-state index contributed by atoms with van der Waals surface area (Å²) in [5, 5.41) is 24.2. The van der Waals surface area contributed by atoms with Crippen molar-refractivity contribution < 1.29 is 15.0 Å². The lowest BCUT2D eigenvalue weighted by Gasteiger charge is -2.29. The summed E-state index contributed by atoms with van der Waals surface area (Å²) < 4.78 is 0. The Hall–Kier alpha value is -1.46. The van der Waals surface area contributed by atoms with Gasteiger partial charge in [-0.2, -0.15) is 0 Å². The molecule has 2 unspecified atom stereocenters. The fourth-order valence-electron chi connectivity index (χ4n) is 1.81. The van der Waals surface area contributed by atoms with Gasteiger partial charge in [-0.05, 0) is 13.3 Å². The van der Waals surface area contributed by atoms with E-state index in [9.17, 15) is 15.0 Å². The fraction of sp³-hybridized carbons (Fsp3) is 0.875. The van der Waals surface area contributed by atoms with Gasteiger partial charge in [-0.1, -0.05) is 0 Å². The molecular weight excluding hydrogens is 200 g/mol. The van der Waals surface area contributed by atoms with Crippen molar-refractivity contribution in [2.45, 2.75) is 31.4 Å². The van der Waals surface area contributed by atoms with Crippen molar-refractivity contribution in [1.82, 2.24) is 9.81 Å². The molecule has 7 heteroatoms. The van der Waals surface area contributed by atoms with Gasteiger partial charge >= 0.3 is 0 Å². The summed E-state index contributed by atoms with van der Waals surface area (Å²) in [6, 6.07) is -0.304. The number of β-amino-alcohol motifs (C(OH)–C–C–N with tert-alkyl or cyclic N) is 1. The first-order chi connectivity index (χ1) is 6.94. The maximum Gasteiger partial charge on any atom is 0.214 e. The Morgan fingerprint density at radius 3 is 3.00 bits per heavy atom. The van der Waals surface area contributed by atoms with E-state index in [1.807, 2.05) is 0 Å². The Kier molecular flexibility index (Phi) is 3.39. The van der Waals surface area contributed by atoms with Crippen molar-refractivity contribution in [1.29, 1.82) is 5.53 Å². The van der Waals surface area contributed by atoms with E-state index in [2.05, 4.69) is 10.0 Å². The molecule has 0 spiro atoms. The van der Waals surface area contributed by atoms with Crippen LogP contribution in [-0.2, 0) is 0 Å². The Morgan fingerprint density at radius 2 is 2.47 bits per heavy atom. The summed E-state index contributed by atoms with van der Waals surface area (Å²) in [5.41, 5.74) is 5.47. The molecule has 15 heavy (non-hydrogen) atoms. The molecule has 0 saturated carbocycles. The van der Waals surface area contributed by atoms with Crippen LogP contribution in [0, 0.1) is 5.53 Å². The lowest BCUT2D eigenvalue weighted by molar-refractivity contribution is -0.267. The molecule has 1 aliphatic heterocycles. The molecule has 84 valence electrons. The van der Waals surface area contributed by atoms with Gasteiger partial charge in [0.25, 0.3) is 0 Å². The number of hydrogen-bond acceptors (Lipinski definition) is 5. The van der Waals surface area contributed by atoms with Crippen LogP contribution in [0.3, 0.4) is 0 Å². The second kappa shape index (κ2) is 4.37. The lowest BCUT2D eigenvalue weighted by Crippen LogP contribution is -2.47. The quantitative estimate of drug-likeness (QED) is 0.435. The zero-order valence-electron chi connectivity index (χ0n) is 8.51. The first-order valence-corrected chi connectivity index (χ1v) is 4.69. The number of nitrogens with zero attached hydrogens (tertiary/aromatic N) is 3. The van der Waals surface area contributed by atoms with Crippen molar-refractivity contribution in [3.63, 3.8) is 0 Å². The SMILES string of the molecule is CC1(O)CC(N=[N+]=N)CCN(C(=O)[O-])C1. The van der Waals surface area contributed by atoms with Crippen LogP contribution in [-0.4, -0.2) is 40.8 Å². The van der Waals surface area contributed by atoms with Gasteiger partial charge in [0.1, 0.15) is 22.8 Å². The summed E-state index contributed by atoms with van der Waals surface area (Å²) in [4.78, 5) is 14.6. The third kappa shape index (κ3) is 3.30. The summed E-state index contributed by atoms with van der Waals surface area (Å²) in [7, 11) is 0. The Labute approximate surface area is 86.9 Å². The minimum absolute atomic E-state index is 0.0132. The summed E-state index contributed by atoms with van der Waals surface area (Å²) >= 11 is 0. The van der Waals surface area contributed by atoms with Crippen molar-refractivity contribution in [3.8, 4) is 0 Å². The molecule has 0 aromatic heterocycles. The minimum atomic E-state index is -1.29. The Morgan fingerprint density at radius 1 is 1.80 bits per heavy atom. The molecule has 1 amide bonds. The third-order valence-electron chi connectivity index (χ3n) is 2.42. The summed E-state index contributed by atoms with van der Waals surface area (Å²) in [5.74, 6) is 0. The van der Waals surface area contributed by atoms with Gasteiger partial charge in [-0.3, -0.25) is 0 Å². The van der Waals surface area contributed by atoms with Crippen LogP contribution in [0.2, 0.25) is 0 Å². The minimum Gasteiger partial charge on any atom is -0.530 e. The lowest BCUT2D eigenvalue weighted by atomic mass is 9.97. The fourth-order valence-corrected chi connectivity index (χ4v) is 1.81. The van der Waals surface area contributed by atoms with Crippen LogP contribution in [0.4, 0.5) is 4.79 Å². The smallest absolute Gasteiger partial charge is 0.214 e. The predicted molar refractivity (Wildman–Crippen MR) is 47.9 cm³/mol. The molecule has 7 nitrogen and oxygen atoms in total. The number of hydrogen-bond donors (Lipinski definition) is 2. The highest BCUT2D eigenvalue weighted by atomic mass is 16.4. The molecule has 1 aliphatic rings. The first kappa shape index (κ1) is 11.6. The van der Waals surface area contributed by atoms with E-state index in [-0.39, 0.29) is 19.1 Å². The molecule has 0 radical (unpaired) electrons. The number of nitrogens with one attached hydrogen (secondary N) is 1. The van der Waals surface area contributed by atoms with Crippen LogP contribution in [0.15, 0.2) is 5.11 Å². The third-order valence-corrected chi connectivity index (χ3v) is 2.42. The molecule has 1 fully saturated rings. The van der Waals surface area contributed by atoms with Crippen LogP contribution in [0.25, 0.3) is 0 Å². The number of likely N-dealkylation sites (tertiary alicyclic amines) is 1. The Balaban J connectivity index is 2.77. The zero-order chi connectivity index (χ0) is 11.5. The molecule has 1 saturated heterocycles. The van der Waals surface area contributed by atoms with Gasteiger partial charge in [-0.15, -0.1) is 0 Å². The maximum atomic E-state index is 10.7. The highest BCUT2D eigenvalue weighted by Gasteiger charge is 2.33. The number of carbonyl (C=O) groups excluding carboxylic acids is 1. The number of carboxylic acid groups (broad SMARTS) is 1. The van der Waals surface area contributed by atoms with Gasteiger partial charge < -0.3 is 19.9 Å². The second-order valence-electron chi connectivity index (χ2n) is 4.05. The molecule has 0 aliphatic carbocycles. The molecule has 2 N–H and O–H groups in total. The molecule has 0 aromatic rings. The van der Waals surface area contributed by atoms with E-state index >= 15 is 0 Å². The van der Waals surface area contributed by atoms with Gasteiger partial charge in [-0.25, -0.2) is 0 Å².